The molecule has 0 radical (unpaired) electrons. The van der Waals surface area contributed by atoms with Gasteiger partial charge in [0.1, 0.15) is 0 Å². The SMILES string of the molecule is CN(C)CCNC(=O)c1ccc2c(c1)nc1n2CCN(Cc2ccccc2)C1=O. The molecule has 4 rings (SSSR count). The molecule has 0 aliphatic carbocycles. The molecule has 7 heteroatoms. The number of imidazole rings is 1. The number of rotatable bonds is 6. The monoisotopic (exact) mass is 391 g/mol. The summed E-state index contributed by atoms with van der Waals surface area (Å²) >= 11 is 0. The molecule has 3 aromatic rings. The Hall–Kier alpha value is -3.19. The molecule has 0 spiro atoms. The van der Waals surface area contributed by atoms with E-state index in [-0.39, 0.29) is 11.8 Å². The van der Waals surface area contributed by atoms with E-state index in [2.05, 4.69) is 10.3 Å². The van der Waals surface area contributed by atoms with Crippen LogP contribution in [-0.2, 0) is 13.1 Å². The number of hydrogen-bond acceptors (Lipinski definition) is 4. The van der Waals surface area contributed by atoms with Gasteiger partial charge in [0.25, 0.3) is 11.8 Å². The van der Waals surface area contributed by atoms with Crippen molar-refractivity contribution in [3.63, 3.8) is 0 Å². The van der Waals surface area contributed by atoms with E-state index in [0.717, 1.165) is 17.6 Å². The van der Waals surface area contributed by atoms with Crippen molar-refractivity contribution in [2.45, 2.75) is 13.1 Å². The Morgan fingerprint density at radius 2 is 1.93 bits per heavy atom. The van der Waals surface area contributed by atoms with Crippen LogP contribution in [0.1, 0.15) is 26.5 Å². The third-order valence-electron chi connectivity index (χ3n) is 5.14. The number of fused-ring (bicyclic) bond motifs is 3. The molecular weight excluding hydrogens is 366 g/mol. The fourth-order valence-electron chi connectivity index (χ4n) is 3.57. The van der Waals surface area contributed by atoms with Gasteiger partial charge in [-0.1, -0.05) is 30.3 Å². The maximum absolute atomic E-state index is 13.0. The van der Waals surface area contributed by atoms with Crippen molar-refractivity contribution in [2.24, 2.45) is 0 Å². The lowest BCUT2D eigenvalue weighted by atomic mass is 10.2. The largest absolute Gasteiger partial charge is 0.351 e. The van der Waals surface area contributed by atoms with Crippen molar-refractivity contribution in [1.29, 1.82) is 0 Å². The van der Waals surface area contributed by atoms with Gasteiger partial charge in [0.05, 0.1) is 11.0 Å². The van der Waals surface area contributed by atoms with E-state index in [1.54, 1.807) is 12.1 Å². The Morgan fingerprint density at radius 1 is 1.14 bits per heavy atom. The normalized spacial score (nSPS) is 13.8. The van der Waals surface area contributed by atoms with Gasteiger partial charge in [-0.2, -0.15) is 0 Å². The molecule has 2 heterocycles. The molecule has 0 bridgehead atoms. The molecule has 7 nitrogen and oxygen atoms in total. The van der Waals surface area contributed by atoms with Crippen molar-refractivity contribution in [2.75, 3.05) is 33.7 Å². The third kappa shape index (κ3) is 4.00. The lowest BCUT2D eigenvalue weighted by Crippen LogP contribution is -2.39. The van der Waals surface area contributed by atoms with Crippen molar-refractivity contribution in [1.82, 2.24) is 24.7 Å². The number of carbonyl (C=O) groups is 2. The summed E-state index contributed by atoms with van der Waals surface area (Å²) in [5, 5.41) is 2.91. The van der Waals surface area contributed by atoms with Crippen LogP contribution in [0.25, 0.3) is 11.0 Å². The van der Waals surface area contributed by atoms with Crippen LogP contribution in [-0.4, -0.2) is 64.9 Å². The number of nitrogens with one attached hydrogen (secondary N) is 1. The quantitative estimate of drug-likeness (QED) is 0.698. The van der Waals surface area contributed by atoms with Gasteiger partial charge in [0.15, 0.2) is 5.82 Å². The van der Waals surface area contributed by atoms with Gasteiger partial charge >= 0.3 is 0 Å². The van der Waals surface area contributed by atoms with Crippen LogP contribution >= 0.6 is 0 Å². The van der Waals surface area contributed by atoms with Crippen LogP contribution in [0.3, 0.4) is 0 Å². The van der Waals surface area contributed by atoms with E-state index >= 15 is 0 Å². The van der Waals surface area contributed by atoms with Gasteiger partial charge in [-0.25, -0.2) is 4.98 Å². The lowest BCUT2D eigenvalue weighted by molar-refractivity contribution is 0.0685. The Kier molecular flexibility index (Phi) is 5.31. The van der Waals surface area contributed by atoms with E-state index in [4.69, 9.17) is 0 Å². The first-order valence-corrected chi connectivity index (χ1v) is 9.79. The van der Waals surface area contributed by atoms with Gasteiger partial charge < -0.3 is 19.7 Å². The standard InChI is InChI=1S/C22H25N5O2/c1-25(2)11-10-23-21(28)17-8-9-19-18(14-17)24-20-22(29)26(12-13-27(19)20)15-16-6-4-3-5-7-16/h3-9,14H,10-13,15H2,1-2H3,(H,23,28). The van der Waals surface area contributed by atoms with Crippen LogP contribution in [0.2, 0.25) is 0 Å². The second-order valence-electron chi connectivity index (χ2n) is 7.56. The summed E-state index contributed by atoms with van der Waals surface area (Å²) in [6.45, 7) is 3.26. The predicted octanol–water partition coefficient (Wildman–Crippen LogP) is 1.98. The highest BCUT2D eigenvalue weighted by Gasteiger charge is 2.28. The molecule has 0 fully saturated rings. The van der Waals surface area contributed by atoms with Crippen LogP contribution in [0, 0.1) is 0 Å². The maximum Gasteiger partial charge on any atom is 0.290 e. The summed E-state index contributed by atoms with van der Waals surface area (Å²) in [5.41, 5.74) is 3.22. The number of likely N-dealkylation sites (N-methyl/N-ethyl adjacent to an activating group) is 1. The number of nitrogens with zero attached hydrogens (tertiary/aromatic N) is 4. The van der Waals surface area contributed by atoms with E-state index < -0.39 is 0 Å². The zero-order valence-electron chi connectivity index (χ0n) is 16.8. The summed E-state index contributed by atoms with van der Waals surface area (Å²) < 4.78 is 1.95. The highest BCUT2D eigenvalue weighted by molar-refractivity contribution is 6.00. The highest BCUT2D eigenvalue weighted by Crippen LogP contribution is 2.23. The fraction of sp³-hybridized carbons (Fsp3) is 0.318. The van der Waals surface area contributed by atoms with Gasteiger partial charge in [0, 0.05) is 38.3 Å². The Bertz CT molecular complexity index is 1040. The molecule has 1 aliphatic heterocycles. The van der Waals surface area contributed by atoms with Crippen molar-refractivity contribution >= 4 is 22.8 Å². The second kappa shape index (κ2) is 8.05. The zero-order chi connectivity index (χ0) is 20.4. The van der Waals surface area contributed by atoms with E-state index in [1.165, 1.54) is 0 Å². The summed E-state index contributed by atoms with van der Waals surface area (Å²) in [4.78, 5) is 33.8. The molecule has 0 saturated carbocycles. The average molecular weight is 391 g/mol. The number of aromatic nitrogens is 2. The second-order valence-corrected chi connectivity index (χ2v) is 7.56. The van der Waals surface area contributed by atoms with Gasteiger partial charge in [0.2, 0.25) is 0 Å². The van der Waals surface area contributed by atoms with Gasteiger partial charge in [-0.05, 0) is 37.9 Å². The molecule has 1 aromatic heterocycles. The van der Waals surface area contributed by atoms with Crippen LogP contribution in [0.15, 0.2) is 48.5 Å². The number of hydrogen-bond donors (Lipinski definition) is 1. The molecule has 150 valence electrons. The molecular formula is C22H25N5O2. The molecule has 1 aliphatic rings. The highest BCUT2D eigenvalue weighted by atomic mass is 16.2. The number of benzene rings is 2. The Labute approximate surface area is 169 Å². The summed E-state index contributed by atoms with van der Waals surface area (Å²) in [7, 11) is 3.93. The summed E-state index contributed by atoms with van der Waals surface area (Å²) in [6.07, 6.45) is 0. The summed E-state index contributed by atoms with van der Waals surface area (Å²) in [6, 6.07) is 15.4. The minimum atomic E-state index is -0.128. The smallest absolute Gasteiger partial charge is 0.290 e. The molecule has 0 unspecified atom stereocenters. The van der Waals surface area contributed by atoms with Gasteiger partial charge in [-0.3, -0.25) is 9.59 Å². The lowest BCUT2D eigenvalue weighted by Gasteiger charge is -2.27. The first-order valence-electron chi connectivity index (χ1n) is 9.79. The van der Waals surface area contributed by atoms with Crippen LogP contribution in [0.4, 0.5) is 0 Å². The number of carbonyl (C=O) groups excluding carboxylic acids is 2. The zero-order valence-corrected chi connectivity index (χ0v) is 16.8. The molecule has 2 aromatic carbocycles. The molecule has 1 N–H and O–H groups in total. The van der Waals surface area contributed by atoms with Crippen molar-refractivity contribution in [3.8, 4) is 0 Å². The van der Waals surface area contributed by atoms with E-state index in [9.17, 15) is 9.59 Å². The maximum atomic E-state index is 13.0. The molecule has 0 atom stereocenters. The third-order valence-corrected chi connectivity index (χ3v) is 5.14. The minimum Gasteiger partial charge on any atom is -0.351 e. The predicted molar refractivity (Wildman–Crippen MR) is 112 cm³/mol. The van der Waals surface area contributed by atoms with Crippen molar-refractivity contribution < 1.29 is 9.59 Å². The first-order chi connectivity index (χ1) is 14.0. The molecule has 0 saturated heterocycles. The van der Waals surface area contributed by atoms with Crippen LogP contribution < -0.4 is 5.32 Å². The summed E-state index contributed by atoms with van der Waals surface area (Å²) in [5.74, 6) is 0.234. The molecule has 2 amide bonds. The topological polar surface area (TPSA) is 70.5 Å². The first kappa shape index (κ1) is 19.1. The number of amides is 2. The fourth-order valence-corrected chi connectivity index (χ4v) is 3.57. The Morgan fingerprint density at radius 3 is 2.69 bits per heavy atom. The van der Waals surface area contributed by atoms with Gasteiger partial charge in [-0.15, -0.1) is 0 Å². The Balaban J connectivity index is 1.54. The van der Waals surface area contributed by atoms with Crippen molar-refractivity contribution in [3.05, 3.63) is 65.5 Å². The average Bonchev–Trinajstić information content (AvgIpc) is 3.09. The van der Waals surface area contributed by atoms with E-state index in [0.29, 0.717) is 43.1 Å². The van der Waals surface area contributed by atoms with E-state index in [1.807, 2.05) is 64.9 Å². The molecule has 29 heavy (non-hydrogen) atoms. The van der Waals surface area contributed by atoms with Crippen LogP contribution in [0.5, 0.6) is 0 Å². The minimum absolute atomic E-state index is 0.0757.